The molecular formula is C39H76Se4Si6Sn. The summed E-state index contributed by atoms with van der Waals surface area (Å²) in [6, 6.07) is 13.6. The first-order chi connectivity index (χ1) is 22.2. The first kappa shape index (κ1) is 50.6. The molecule has 2 rings (SSSR count). The van der Waals surface area contributed by atoms with Crippen molar-refractivity contribution in [1.29, 1.82) is 0 Å². The van der Waals surface area contributed by atoms with Crippen molar-refractivity contribution in [2.24, 2.45) is 0 Å². The SMILES string of the molecule is CC(C)c1cc[c]([Sn][c]2c(C([Si](C)(C)C)[Si](C)(C)C)cc(C([Si](C)(C)C)[Si](C)(C)C)cc2C([Si](C)(C)C)[Si](C)(C)C)c(C(C)C)c1.[Se][Se][Se][Se]. The molecule has 284 valence electrons. The van der Waals surface area contributed by atoms with Crippen molar-refractivity contribution in [2.45, 2.75) is 173 Å². The van der Waals surface area contributed by atoms with Crippen LogP contribution in [0.2, 0.25) is 118 Å². The molecule has 0 aliphatic carbocycles. The van der Waals surface area contributed by atoms with E-state index in [9.17, 15) is 0 Å². The molecule has 0 N–H and O–H groups in total. The Bertz CT molecular complexity index is 1290. The van der Waals surface area contributed by atoms with Crippen LogP contribution in [0.25, 0.3) is 0 Å². The Labute approximate surface area is 354 Å². The van der Waals surface area contributed by atoms with Gasteiger partial charge in [0.2, 0.25) is 0 Å². The molecule has 50 heavy (non-hydrogen) atoms. The monoisotopic (exact) mass is 1150 g/mol. The van der Waals surface area contributed by atoms with Crippen LogP contribution in [-0.2, 0) is 0 Å². The summed E-state index contributed by atoms with van der Waals surface area (Å²) in [4.78, 5) is 0. The van der Waals surface area contributed by atoms with Gasteiger partial charge in [0.25, 0.3) is 0 Å². The van der Waals surface area contributed by atoms with Gasteiger partial charge in [0.05, 0.1) is 0 Å². The van der Waals surface area contributed by atoms with Crippen molar-refractivity contribution in [2.75, 3.05) is 0 Å². The zero-order chi connectivity index (χ0) is 39.6. The molecule has 0 bridgehead atoms. The fraction of sp³-hybridized carbons (Fsp3) is 0.692. The van der Waals surface area contributed by atoms with Crippen LogP contribution in [0.5, 0.6) is 0 Å². The van der Waals surface area contributed by atoms with Crippen molar-refractivity contribution < 1.29 is 0 Å². The second kappa shape index (κ2) is 19.4. The van der Waals surface area contributed by atoms with Gasteiger partial charge >= 0.3 is 359 Å². The van der Waals surface area contributed by atoms with Gasteiger partial charge in [-0.1, -0.05) is 0 Å². The molecule has 0 heterocycles. The number of hydrogen-bond acceptors (Lipinski definition) is 0. The number of benzene rings is 2. The molecule has 0 aliphatic heterocycles. The van der Waals surface area contributed by atoms with E-state index in [4.69, 9.17) is 0 Å². The van der Waals surface area contributed by atoms with Crippen molar-refractivity contribution in [3.05, 3.63) is 58.1 Å². The summed E-state index contributed by atoms with van der Waals surface area (Å²) in [5.74, 6) is 1.15. The summed E-state index contributed by atoms with van der Waals surface area (Å²) < 4.78 is 3.68. The summed E-state index contributed by atoms with van der Waals surface area (Å²) in [7, 11) is -9.09. The quantitative estimate of drug-likeness (QED) is 0.165. The first-order valence-corrected chi connectivity index (χ1v) is 56.2. The van der Waals surface area contributed by atoms with E-state index >= 15 is 0 Å². The molecule has 0 spiro atoms. The van der Waals surface area contributed by atoms with Crippen LogP contribution in [0.1, 0.15) is 82.8 Å². The molecule has 0 saturated carbocycles. The predicted octanol–water partition coefficient (Wildman–Crippen LogP) is 10.6. The van der Waals surface area contributed by atoms with E-state index in [2.05, 4.69) is 204 Å². The van der Waals surface area contributed by atoms with Crippen molar-refractivity contribution in [3.63, 3.8) is 0 Å². The van der Waals surface area contributed by atoms with Gasteiger partial charge in [-0.25, -0.2) is 0 Å². The van der Waals surface area contributed by atoms with Gasteiger partial charge in [0.15, 0.2) is 0 Å². The van der Waals surface area contributed by atoms with E-state index < -0.39 is 69.6 Å². The molecule has 0 fully saturated rings. The topological polar surface area (TPSA) is 0 Å². The molecular weight excluding hydrogens is 1070 g/mol. The molecule has 2 aromatic carbocycles. The van der Waals surface area contributed by atoms with Crippen molar-refractivity contribution in [1.82, 2.24) is 0 Å². The molecule has 0 aliphatic rings. The van der Waals surface area contributed by atoms with Crippen LogP contribution in [0.3, 0.4) is 0 Å². The van der Waals surface area contributed by atoms with Crippen LogP contribution in [0.15, 0.2) is 30.3 Å². The van der Waals surface area contributed by atoms with Crippen molar-refractivity contribution >= 4 is 128 Å². The van der Waals surface area contributed by atoms with Gasteiger partial charge in [0, 0.05) is 0 Å². The summed E-state index contributed by atoms with van der Waals surface area (Å²) in [5, 5.41) is 2.33. The van der Waals surface area contributed by atoms with E-state index in [1.165, 1.54) is 5.56 Å². The number of rotatable bonds is 14. The van der Waals surface area contributed by atoms with E-state index in [-0.39, 0.29) is 0 Å². The molecule has 0 saturated heterocycles. The van der Waals surface area contributed by atoms with E-state index in [1.807, 2.05) is 14.7 Å². The fourth-order valence-corrected chi connectivity index (χ4v) is 54.5. The van der Waals surface area contributed by atoms with Crippen LogP contribution in [0, 0.1) is 0 Å². The molecule has 4 radical (unpaired) electrons. The van der Waals surface area contributed by atoms with Crippen LogP contribution >= 0.6 is 0 Å². The zero-order valence-electron chi connectivity index (χ0n) is 36.4. The van der Waals surface area contributed by atoms with Gasteiger partial charge in [-0.2, -0.15) is 0 Å². The molecule has 11 heteroatoms. The van der Waals surface area contributed by atoms with Crippen LogP contribution < -0.4 is 7.16 Å². The van der Waals surface area contributed by atoms with Crippen LogP contribution in [-0.4, -0.2) is 121 Å². The minimum absolute atomic E-state index is 0.568. The average molecular weight is 1150 g/mol. The average Bonchev–Trinajstić information content (AvgIpc) is 2.85. The Morgan fingerprint density at radius 1 is 0.440 bits per heavy atom. The van der Waals surface area contributed by atoms with Gasteiger partial charge in [-0.3, -0.25) is 0 Å². The van der Waals surface area contributed by atoms with Crippen LogP contribution in [0.4, 0.5) is 0 Å². The maximum absolute atomic E-state index is 2.95. The van der Waals surface area contributed by atoms with E-state index in [0.717, 1.165) is 38.1 Å². The summed E-state index contributed by atoms with van der Waals surface area (Å²) >= 11 is 6.37. The minimum atomic E-state index is -1.54. The Morgan fingerprint density at radius 2 is 0.760 bits per heavy atom. The maximum atomic E-state index is 2.95. The summed E-state index contributed by atoms with van der Waals surface area (Å²) in [5.41, 5.74) is 8.69. The summed E-state index contributed by atoms with van der Waals surface area (Å²) in [6.45, 7) is 58.1. The second-order valence-corrected chi connectivity index (χ2v) is 78.2. The summed E-state index contributed by atoms with van der Waals surface area (Å²) in [6.07, 6.45) is 0. The number of hydrogen-bond donors (Lipinski definition) is 0. The normalized spacial score (nSPS) is 13.9. The molecule has 0 aromatic heterocycles. The third-order valence-corrected chi connectivity index (χ3v) is 62.6. The standard InChI is InChI=1S/C27H59Si6.C12H17.Se4.Sn/c1-28(2,3)25(29(4,5)6)22-19-23(26(30(7,8)9)31(10,11)12)21-24(20-22)27(32(13,14)15)33(16,17)18;1-9(2)11-6-5-7-12(8-11)10(3)4;1-3-4-2;/h19-20,25-27H,1-18H3;5-6,8-10H,1-4H3;;. The van der Waals surface area contributed by atoms with Crippen molar-refractivity contribution in [3.8, 4) is 0 Å². The fourth-order valence-electron chi connectivity index (χ4n) is 9.91. The van der Waals surface area contributed by atoms with Gasteiger partial charge in [-0.05, 0) is 0 Å². The van der Waals surface area contributed by atoms with E-state index in [1.54, 1.807) is 14.7 Å². The zero-order valence-corrected chi connectivity index (χ0v) is 52.1. The van der Waals surface area contributed by atoms with Gasteiger partial charge in [-0.15, -0.1) is 0 Å². The van der Waals surface area contributed by atoms with Gasteiger partial charge < -0.3 is 0 Å². The third kappa shape index (κ3) is 14.5. The first-order valence-electron chi connectivity index (χ1n) is 18.9. The molecule has 0 atom stereocenters. The van der Waals surface area contributed by atoms with E-state index in [0.29, 0.717) is 11.8 Å². The second-order valence-electron chi connectivity index (χ2n) is 22.0. The van der Waals surface area contributed by atoms with Gasteiger partial charge in [0.1, 0.15) is 0 Å². The Kier molecular flexibility index (Phi) is 19.6. The predicted molar refractivity (Wildman–Crippen MR) is 257 cm³/mol. The Hall–Kier alpha value is 2.62. The molecule has 0 unspecified atom stereocenters. The third-order valence-electron chi connectivity index (χ3n) is 10.0. The molecule has 0 amide bonds. The molecule has 0 nitrogen and oxygen atoms in total. The molecule has 2 aromatic rings. The Balaban J connectivity index is 0.00000295. The Morgan fingerprint density at radius 3 is 1.02 bits per heavy atom.